The molecular weight excluding hydrogens is 255 g/mol. The van der Waals surface area contributed by atoms with Crippen molar-refractivity contribution in [1.82, 2.24) is 0 Å². The van der Waals surface area contributed by atoms with E-state index in [-0.39, 0.29) is 11.6 Å². The number of ketones is 1. The van der Waals surface area contributed by atoms with E-state index in [0.29, 0.717) is 17.9 Å². The van der Waals surface area contributed by atoms with Crippen LogP contribution in [0.2, 0.25) is 0 Å². The molecule has 0 radical (unpaired) electrons. The maximum absolute atomic E-state index is 13.0. The molecule has 0 saturated heterocycles. The minimum absolute atomic E-state index is 0.0316. The van der Waals surface area contributed by atoms with Crippen LogP contribution in [0.1, 0.15) is 34.0 Å². The summed E-state index contributed by atoms with van der Waals surface area (Å²) in [6.45, 7) is 5.61. The molecule has 2 aromatic carbocycles. The summed E-state index contributed by atoms with van der Waals surface area (Å²) in [6, 6.07) is 10.1. The van der Waals surface area contributed by atoms with Crippen LogP contribution in [-0.2, 0) is 6.61 Å². The molecule has 2 aromatic rings. The molecule has 0 bridgehead atoms. The molecule has 0 aliphatic carbocycles. The number of rotatable bonds is 4. The summed E-state index contributed by atoms with van der Waals surface area (Å²) in [4.78, 5) is 11.6. The lowest BCUT2D eigenvalue weighted by Gasteiger charge is -2.12. The zero-order valence-corrected chi connectivity index (χ0v) is 11.9. The van der Waals surface area contributed by atoms with Gasteiger partial charge < -0.3 is 4.74 Å². The van der Waals surface area contributed by atoms with Gasteiger partial charge in [-0.15, -0.1) is 0 Å². The van der Waals surface area contributed by atoms with Gasteiger partial charge in [-0.05, 0) is 61.7 Å². The van der Waals surface area contributed by atoms with Gasteiger partial charge in [-0.25, -0.2) is 4.39 Å². The number of hydrogen-bond acceptors (Lipinski definition) is 2. The van der Waals surface area contributed by atoms with Crippen LogP contribution in [0.25, 0.3) is 0 Å². The Bertz CT molecular complexity index is 647. The second-order valence-corrected chi connectivity index (χ2v) is 4.92. The van der Waals surface area contributed by atoms with Gasteiger partial charge in [0.15, 0.2) is 5.78 Å². The van der Waals surface area contributed by atoms with Crippen molar-refractivity contribution in [2.75, 3.05) is 0 Å². The topological polar surface area (TPSA) is 26.3 Å². The first-order valence-corrected chi connectivity index (χ1v) is 6.47. The Labute approximate surface area is 118 Å². The summed E-state index contributed by atoms with van der Waals surface area (Å²) in [7, 11) is 0. The number of carbonyl (C=O) groups is 1. The second kappa shape index (κ2) is 5.87. The molecule has 0 atom stereocenters. The van der Waals surface area contributed by atoms with Gasteiger partial charge in [-0.1, -0.05) is 12.1 Å². The summed E-state index contributed by atoms with van der Waals surface area (Å²) >= 11 is 0. The monoisotopic (exact) mass is 272 g/mol. The molecule has 104 valence electrons. The van der Waals surface area contributed by atoms with Crippen LogP contribution < -0.4 is 4.74 Å². The van der Waals surface area contributed by atoms with Crippen molar-refractivity contribution in [2.24, 2.45) is 0 Å². The maximum Gasteiger partial charge on any atom is 0.163 e. The minimum atomic E-state index is -0.258. The largest absolute Gasteiger partial charge is 0.488 e. The zero-order valence-electron chi connectivity index (χ0n) is 11.9. The highest BCUT2D eigenvalue weighted by molar-refractivity contribution is 5.96. The van der Waals surface area contributed by atoms with Crippen molar-refractivity contribution in [3.8, 4) is 5.75 Å². The van der Waals surface area contributed by atoms with Crippen molar-refractivity contribution in [1.29, 1.82) is 0 Å². The molecule has 2 nitrogen and oxygen atoms in total. The third-order valence-electron chi connectivity index (χ3n) is 3.20. The van der Waals surface area contributed by atoms with Crippen molar-refractivity contribution in [3.05, 3.63) is 64.5 Å². The maximum atomic E-state index is 13.0. The third-order valence-corrected chi connectivity index (χ3v) is 3.20. The number of carbonyl (C=O) groups excluding carboxylic acids is 1. The lowest BCUT2D eigenvalue weighted by atomic mass is 10.1. The summed E-state index contributed by atoms with van der Waals surface area (Å²) < 4.78 is 18.8. The van der Waals surface area contributed by atoms with Gasteiger partial charge in [-0.3, -0.25) is 4.79 Å². The van der Waals surface area contributed by atoms with E-state index >= 15 is 0 Å². The zero-order chi connectivity index (χ0) is 14.7. The second-order valence-electron chi connectivity index (χ2n) is 4.92. The molecule has 0 saturated carbocycles. The average Bonchev–Trinajstić information content (AvgIpc) is 2.37. The Morgan fingerprint density at radius 2 is 1.90 bits per heavy atom. The van der Waals surface area contributed by atoms with Crippen LogP contribution in [-0.4, -0.2) is 5.78 Å². The van der Waals surface area contributed by atoms with E-state index in [2.05, 4.69) is 0 Å². The predicted octanol–water partition coefficient (Wildman–Crippen LogP) is 4.22. The fourth-order valence-corrected chi connectivity index (χ4v) is 2.02. The summed E-state index contributed by atoms with van der Waals surface area (Å²) in [5, 5.41) is 0. The highest BCUT2D eigenvalue weighted by Crippen LogP contribution is 2.22. The number of ether oxygens (including phenoxy) is 1. The van der Waals surface area contributed by atoms with E-state index in [1.54, 1.807) is 12.1 Å². The minimum Gasteiger partial charge on any atom is -0.488 e. The quantitative estimate of drug-likeness (QED) is 0.779. The lowest BCUT2D eigenvalue weighted by molar-refractivity contribution is 0.101. The predicted molar refractivity (Wildman–Crippen MR) is 76.7 cm³/mol. The number of aryl methyl sites for hydroxylation is 2. The molecule has 0 unspecified atom stereocenters. The molecule has 3 heteroatoms. The van der Waals surface area contributed by atoms with Crippen LogP contribution >= 0.6 is 0 Å². The molecule has 0 spiro atoms. The summed E-state index contributed by atoms with van der Waals surface area (Å²) in [5.41, 5.74) is 3.33. The molecule has 0 aliphatic heterocycles. The Kier molecular flexibility index (Phi) is 4.18. The van der Waals surface area contributed by atoms with Gasteiger partial charge in [-0.2, -0.15) is 0 Å². The third kappa shape index (κ3) is 3.23. The summed E-state index contributed by atoms with van der Waals surface area (Å²) in [6.07, 6.45) is 0. The Morgan fingerprint density at radius 1 is 1.15 bits per heavy atom. The highest BCUT2D eigenvalue weighted by atomic mass is 19.1. The van der Waals surface area contributed by atoms with Crippen LogP contribution in [0.3, 0.4) is 0 Å². The van der Waals surface area contributed by atoms with Crippen LogP contribution in [0.4, 0.5) is 4.39 Å². The first-order chi connectivity index (χ1) is 9.47. The SMILES string of the molecule is CC(=O)c1ccc(C)cc1OCc1ccc(F)cc1C. The van der Waals surface area contributed by atoms with E-state index in [0.717, 1.165) is 16.7 Å². The van der Waals surface area contributed by atoms with Crippen molar-refractivity contribution < 1.29 is 13.9 Å². The van der Waals surface area contributed by atoms with E-state index < -0.39 is 0 Å². The first kappa shape index (κ1) is 14.3. The van der Waals surface area contributed by atoms with E-state index in [1.807, 2.05) is 26.0 Å². The van der Waals surface area contributed by atoms with Crippen molar-refractivity contribution in [3.63, 3.8) is 0 Å². The van der Waals surface area contributed by atoms with Crippen LogP contribution in [0.5, 0.6) is 5.75 Å². The molecule has 0 heterocycles. The molecule has 2 rings (SSSR count). The summed E-state index contributed by atoms with van der Waals surface area (Å²) in [5.74, 6) is 0.281. The Balaban J connectivity index is 2.22. The number of Topliss-reactive ketones (excluding diaryl/α,β-unsaturated/α-hetero) is 1. The number of benzene rings is 2. The molecule has 0 amide bonds. The molecule has 0 aromatic heterocycles. The van der Waals surface area contributed by atoms with Gasteiger partial charge in [0, 0.05) is 0 Å². The fourth-order valence-electron chi connectivity index (χ4n) is 2.02. The van der Waals surface area contributed by atoms with Gasteiger partial charge >= 0.3 is 0 Å². The van der Waals surface area contributed by atoms with Gasteiger partial charge in [0.2, 0.25) is 0 Å². The van der Waals surface area contributed by atoms with Crippen molar-refractivity contribution in [2.45, 2.75) is 27.4 Å². The molecule has 0 N–H and O–H groups in total. The number of halogens is 1. The average molecular weight is 272 g/mol. The first-order valence-electron chi connectivity index (χ1n) is 6.47. The molecular formula is C17H17FO2. The normalized spacial score (nSPS) is 10.4. The Hall–Kier alpha value is -2.16. The van der Waals surface area contributed by atoms with Gasteiger partial charge in [0.05, 0.1) is 5.56 Å². The van der Waals surface area contributed by atoms with E-state index in [4.69, 9.17) is 4.74 Å². The standard InChI is InChI=1S/C17H17FO2/c1-11-4-7-16(13(3)19)17(8-11)20-10-14-5-6-15(18)9-12(14)2/h4-9H,10H2,1-3H3. The lowest BCUT2D eigenvalue weighted by Crippen LogP contribution is -2.03. The highest BCUT2D eigenvalue weighted by Gasteiger charge is 2.09. The van der Waals surface area contributed by atoms with Crippen molar-refractivity contribution >= 4 is 5.78 Å². The number of hydrogen-bond donors (Lipinski definition) is 0. The van der Waals surface area contributed by atoms with E-state index in [1.165, 1.54) is 19.1 Å². The van der Waals surface area contributed by atoms with Crippen LogP contribution in [0, 0.1) is 19.7 Å². The van der Waals surface area contributed by atoms with E-state index in [9.17, 15) is 9.18 Å². The molecule has 20 heavy (non-hydrogen) atoms. The molecule has 0 fully saturated rings. The van der Waals surface area contributed by atoms with Gasteiger partial charge in [0.1, 0.15) is 18.2 Å². The smallest absolute Gasteiger partial charge is 0.163 e. The van der Waals surface area contributed by atoms with Gasteiger partial charge in [0.25, 0.3) is 0 Å². The fraction of sp³-hybridized carbons (Fsp3) is 0.235. The molecule has 0 aliphatic rings. The van der Waals surface area contributed by atoms with Crippen LogP contribution in [0.15, 0.2) is 36.4 Å². The Morgan fingerprint density at radius 3 is 2.55 bits per heavy atom.